The van der Waals surface area contributed by atoms with Crippen molar-refractivity contribution in [2.75, 3.05) is 26.3 Å². The lowest BCUT2D eigenvalue weighted by molar-refractivity contribution is -0.277. The Labute approximate surface area is 154 Å². The van der Waals surface area contributed by atoms with Crippen LogP contribution >= 0.6 is 0 Å². The van der Waals surface area contributed by atoms with Crippen molar-refractivity contribution >= 4 is 0 Å². The van der Waals surface area contributed by atoms with E-state index in [1.165, 1.54) is 4.90 Å². The molecule has 0 aromatic heterocycles. The Kier molecular flexibility index (Phi) is 6.39. The van der Waals surface area contributed by atoms with Crippen LogP contribution < -0.4 is 0 Å². The summed E-state index contributed by atoms with van der Waals surface area (Å²) in [5, 5.41) is 49.5. The number of likely N-dealkylation sites (tertiary alicyclic amines) is 1. The zero-order chi connectivity index (χ0) is 19.7. The second-order valence-electron chi connectivity index (χ2n) is 6.83. The van der Waals surface area contributed by atoms with Gasteiger partial charge in [-0.2, -0.15) is 0 Å². The molecule has 0 saturated carbocycles. The number of nitrogens with zero attached hydrogens (tertiary/aromatic N) is 1. The van der Waals surface area contributed by atoms with Crippen LogP contribution in [0.3, 0.4) is 0 Å². The highest BCUT2D eigenvalue weighted by Crippen LogP contribution is 2.30. The second-order valence-corrected chi connectivity index (χ2v) is 6.83. The molecule has 8 nitrogen and oxygen atoms in total. The van der Waals surface area contributed by atoms with E-state index in [2.05, 4.69) is 0 Å². The van der Waals surface area contributed by atoms with Crippen molar-refractivity contribution < 1.29 is 43.8 Å². The summed E-state index contributed by atoms with van der Waals surface area (Å²) in [5.41, 5.74) is -0.0687. The SMILES string of the molecule is OC[C@@H]1[C@@H](O)[C@H](O)CN1C[C@@H](O)[C@H]1OC(c2ccc(F)cc2F)OC[C@H]1O. The molecule has 1 aromatic carbocycles. The summed E-state index contributed by atoms with van der Waals surface area (Å²) in [6, 6.07) is 2.11. The number of aliphatic hydroxyl groups excluding tert-OH is 5. The summed E-state index contributed by atoms with van der Waals surface area (Å²) in [6.45, 7) is -0.748. The van der Waals surface area contributed by atoms with E-state index in [9.17, 15) is 34.3 Å². The third-order valence-electron chi connectivity index (χ3n) is 4.96. The highest BCUT2D eigenvalue weighted by Gasteiger charge is 2.43. The van der Waals surface area contributed by atoms with Gasteiger partial charge >= 0.3 is 0 Å². The smallest absolute Gasteiger partial charge is 0.187 e. The molecule has 10 heteroatoms. The molecule has 2 fully saturated rings. The third-order valence-corrected chi connectivity index (χ3v) is 4.96. The number of rotatable bonds is 5. The summed E-state index contributed by atoms with van der Waals surface area (Å²) < 4.78 is 37.8. The summed E-state index contributed by atoms with van der Waals surface area (Å²) in [6.07, 6.45) is -7.11. The first-order valence-electron chi connectivity index (χ1n) is 8.61. The topological polar surface area (TPSA) is 123 Å². The van der Waals surface area contributed by atoms with Crippen LogP contribution in [0.15, 0.2) is 18.2 Å². The summed E-state index contributed by atoms with van der Waals surface area (Å²) in [4.78, 5) is 1.49. The van der Waals surface area contributed by atoms with Gasteiger partial charge in [-0.25, -0.2) is 8.78 Å². The molecule has 0 bridgehead atoms. The van der Waals surface area contributed by atoms with Crippen LogP contribution in [0.4, 0.5) is 8.78 Å². The molecule has 0 spiro atoms. The molecule has 5 N–H and O–H groups in total. The highest BCUT2D eigenvalue weighted by atomic mass is 19.1. The molecule has 2 aliphatic rings. The van der Waals surface area contributed by atoms with Crippen LogP contribution in [0.2, 0.25) is 0 Å². The number of halogens is 2. The van der Waals surface area contributed by atoms with Gasteiger partial charge in [0, 0.05) is 24.7 Å². The standard InChI is InChI=1S/C17H23F2NO7/c18-8-1-2-9(10(19)3-8)17-26-7-14(24)16(27-17)13(23)5-20-4-12(22)15(25)11(20)6-21/h1-3,11-17,21-25H,4-7H2/t11-,12-,13-,14-,15-,16-,17?/m1/s1. The van der Waals surface area contributed by atoms with Gasteiger partial charge < -0.3 is 35.0 Å². The van der Waals surface area contributed by atoms with E-state index in [4.69, 9.17) is 9.47 Å². The van der Waals surface area contributed by atoms with Crippen molar-refractivity contribution in [2.24, 2.45) is 0 Å². The first kappa shape index (κ1) is 20.5. The lowest BCUT2D eigenvalue weighted by atomic mass is 10.1. The summed E-state index contributed by atoms with van der Waals surface area (Å²) in [5.74, 6) is -1.64. The monoisotopic (exact) mass is 391 g/mol. The van der Waals surface area contributed by atoms with Crippen LogP contribution in [0, 0.1) is 11.6 Å². The molecule has 0 aliphatic carbocycles. The molecule has 152 valence electrons. The Morgan fingerprint density at radius 3 is 2.59 bits per heavy atom. The maximum atomic E-state index is 14.0. The van der Waals surface area contributed by atoms with Crippen LogP contribution in [-0.2, 0) is 9.47 Å². The Morgan fingerprint density at radius 1 is 1.19 bits per heavy atom. The van der Waals surface area contributed by atoms with Crippen LogP contribution in [0.25, 0.3) is 0 Å². The van der Waals surface area contributed by atoms with Crippen molar-refractivity contribution in [2.45, 2.75) is 42.9 Å². The second kappa shape index (κ2) is 8.41. The number of ether oxygens (including phenoxy) is 2. The van der Waals surface area contributed by atoms with Crippen molar-refractivity contribution in [3.8, 4) is 0 Å². The fourth-order valence-electron chi connectivity index (χ4n) is 3.49. The average Bonchev–Trinajstić information content (AvgIpc) is 2.88. The molecule has 0 radical (unpaired) electrons. The lowest BCUT2D eigenvalue weighted by Gasteiger charge is -2.38. The minimum Gasteiger partial charge on any atom is -0.395 e. The van der Waals surface area contributed by atoms with E-state index in [1.54, 1.807) is 0 Å². The zero-order valence-electron chi connectivity index (χ0n) is 14.4. The Morgan fingerprint density at radius 2 is 1.93 bits per heavy atom. The van der Waals surface area contributed by atoms with Gasteiger partial charge in [-0.05, 0) is 12.1 Å². The van der Waals surface area contributed by atoms with Crippen molar-refractivity contribution in [1.82, 2.24) is 4.90 Å². The molecule has 0 amide bonds. The van der Waals surface area contributed by atoms with Gasteiger partial charge in [-0.1, -0.05) is 0 Å². The predicted molar refractivity (Wildman–Crippen MR) is 86.4 cm³/mol. The first-order valence-corrected chi connectivity index (χ1v) is 8.61. The molecule has 2 heterocycles. The van der Waals surface area contributed by atoms with Gasteiger partial charge in [0.15, 0.2) is 6.29 Å². The third kappa shape index (κ3) is 4.28. The molecule has 27 heavy (non-hydrogen) atoms. The Balaban J connectivity index is 1.69. The van der Waals surface area contributed by atoms with E-state index < -0.39 is 61.1 Å². The summed E-state index contributed by atoms with van der Waals surface area (Å²) >= 11 is 0. The maximum absolute atomic E-state index is 14.0. The molecular formula is C17H23F2NO7. The van der Waals surface area contributed by atoms with E-state index in [0.717, 1.165) is 12.1 Å². The largest absolute Gasteiger partial charge is 0.395 e. The highest BCUT2D eigenvalue weighted by molar-refractivity contribution is 5.20. The molecule has 7 atom stereocenters. The maximum Gasteiger partial charge on any atom is 0.187 e. The van der Waals surface area contributed by atoms with Gasteiger partial charge in [0.05, 0.1) is 37.6 Å². The van der Waals surface area contributed by atoms with E-state index >= 15 is 0 Å². The van der Waals surface area contributed by atoms with Gasteiger partial charge in [0.25, 0.3) is 0 Å². The number of benzene rings is 1. The van der Waals surface area contributed by atoms with Gasteiger partial charge in [0.1, 0.15) is 23.8 Å². The number of β-amino-alcohol motifs (C(OH)–C–C–N with tert-alkyl or cyclic N) is 2. The van der Waals surface area contributed by atoms with Crippen LogP contribution in [-0.4, -0.2) is 93.3 Å². The van der Waals surface area contributed by atoms with Crippen molar-refractivity contribution in [3.63, 3.8) is 0 Å². The molecule has 3 rings (SSSR count). The minimum absolute atomic E-state index is 0.0266. The van der Waals surface area contributed by atoms with E-state index in [-0.39, 0.29) is 25.3 Å². The molecule has 1 unspecified atom stereocenters. The van der Waals surface area contributed by atoms with Crippen LogP contribution in [0.5, 0.6) is 0 Å². The van der Waals surface area contributed by atoms with Crippen molar-refractivity contribution in [3.05, 3.63) is 35.4 Å². The van der Waals surface area contributed by atoms with E-state index in [1.807, 2.05) is 0 Å². The molecule has 2 saturated heterocycles. The lowest BCUT2D eigenvalue weighted by Crippen LogP contribution is -2.52. The van der Waals surface area contributed by atoms with Crippen LogP contribution in [0.1, 0.15) is 11.9 Å². The summed E-state index contributed by atoms with van der Waals surface area (Å²) in [7, 11) is 0. The fraction of sp³-hybridized carbons (Fsp3) is 0.647. The molecular weight excluding hydrogens is 368 g/mol. The van der Waals surface area contributed by atoms with E-state index in [0.29, 0.717) is 6.07 Å². The quantitative estimate of drug-likeness (QED) is 0.411. The predicted octanol–water partition coefficient (Wildman–Crippen LogP) is -1.50. The molecule has 1 aromatic rings. The Hall–Kier alpha value is -1.24. The average molecular weight is 391 g/mol. The zero-order valence-corrected chi connectivity index (χ0v) is 14.4. The fourth-order valence-corrected chi connectivity index (χ4v) is 3.49. The minimum atomic E-state index is -1.28. The first-order chi connectivity index (χ1) is 12.8. The molecule has 2 aliphatic heterocycles. The van der Waals surface area contributed by atoms with Gasteiger partial charge in [0.2, 0.25) is 0 Å². The Bertz CT molecular complexity index is 652. The number of hydrogen-bond acceptors (Lipinski definition) is 8. The van der Waals surface area contributed by atoms with Gasteiger partial charge in [-0.15, -0.1) is 0 Å². The number of aliphatic hydroxyl groups is 5. The normalized spacial score (nSPS) is 36.1. The van der Waals surface area contributed by atoms with Gasteiger partial charge in [-0.3, -0.25) is 4.90 Å². The number of hydrogen-bond donors (Lipinski definition) is 5. The van der Waals surface area contributed by atoms with Crippen molar-refractivity contribution in [1.29, 1.82) is 0 Å².